The summed E-state index contributed by atoms with van der Waals surface area (Å²) in [6.07, 6.45) is 6.77. The molecule has 1 aromatic heterocycles. The van der Waals surface area contributed by atoms with E-state index in [1.807, 2.05) is 24.5 Å². The summed E-state index contributed by atoms with van der Waals surface area (Å²) in [4.78, 5) is 7.84. The predicted octanol–water partition coefficient (Wildman–Crippen LogP) is 5.36. The van der Waals surface area contributed by atoms with E-state index in [0.29, 0.717) is 5.75 Å². The van der Waals surface area contributed by atoms with Crippen LogP contribution < -0.4 is 9.64 Å². The van der Waals surface area contributed by atoms with Crippen LogP contribution >= 0.6 is 12.2 Å². The largest absolute Gasteiger partial charge is 0.463 e. The molecule has 5 heteroatoms. The van der Waals surface area contributed by atoms with Gasteiger partial charge in [0, 0.05) is 42.2 Å². The van der Waals surface area contributed by atoms with Gasteiger partial charge in [0.05, 0.1) is 4.99 Å². The topological polar surface area (TPSA) is 25.4 Å². The van der Waals surface area contributed by atoms with Crippen molar-refractivity contribution in [1.29, 1.82) is 0 Å². The van der Waals surface area contributed by atoms with Crippen molar-refractivity contribution in [2.24, 2.45) is 0 Å². The van der Waals surface area contributed by atoms with Crippen molar-refractivity contribution in [2.75, 3.05) is 18.3 Å². The molecule has 5 rings (SSSR count). The fourth-order valence-electron chi connectivity index (χ4n) is 4.19. The zero-order valence-corrected chi connectivity index (χ0v) is 16.1. The van der Waals surface area contributed by atoms with Gasteiger partial charge in [-0.2, -0.15) is 0 Å². The van der Waals surface area contributed by atoms with Gasteiger partial charge in [0.1, 0.15) is 5.75 Å². The molecule has 0 radical (unpaired) electrons. The van der Waals surface area contributed by atoms with Crippen LogP contribution in [0, 0.1) is 0 Å². The van der Waals surface area contributed by atoms with E-state index in [9.17, 15) is 4.39 Å². The molecule has 0 amide bonds. The number of benzene rings is 2. The van der Waals surface area contributed by atoms with E-state index in [0.717, 1.165) is 47.5 Å². The van der Waals surface area contributed by atoms with Gasteiger partial charge in [-0.1, -0.05) is 24.4 Å². The van der Waals surface area contributed by atoms with Crippen LogP contribution in [0.1, 0.15) is 17.5 Å². The molecule has 3 heterocycles. The molecule has 2 aromatic carbocycles. The van der Waals surface area contributed by atoms with E-state index in [-0.39, 0.29) is 0 Å². The lowest BCUT2D eigenvalue weighted by molar-refractivity contribution is 0.192. The standard InChI is InChI=1S/C23H19FN2OS/c24-14-27-21-4-1-15(2-5-21)19-11-20(13-25-12-19)18-9-16-3-6-22(28)26-8-7-17(10-18)23(16)26/h1-2,4-5,9-13H,3,6-8,14H2. The molecular formula is C23H19FN2OS. The second-order valence-corrected chi connectivity index (χ2v) is 7.65. The molecule has 0 unspecified atom stereocenters. The minimum atomic E-state index is -0.820. The van der Waals surface area contributed by atoms with E-state index < -0.39 is 6.86 Å². The number of nitrogens with zero attached hydrogens (tertiary/aromatic N) is 2. The van der Waals surface area contributed by atoms with Crippen molar-refractivity contribution in [1.82, 2.24) is 4.98 Å². The highest BCUT2D eigenvalue weighted by Crippen LogP contribution is 2.40. The Hall–Kier alpha value is -2.79. The lowest BCUT2D eigenvalue weighted by atomic mass is 9.93. The van der Waals surface area contributed by atoms with Gasteiger partial charge in [-0.3, -0.25) is 4.98 Å². The van der Waals surface area contributed by atoms with Gasteiger partial charge in [0.2, 0.25) is 6.86 Å². The third kappa shape index (κ3) is 2.96. The van der Waals surface area contributed by atoms with E-state index in [1.54, 1.807) is 12.1 Å². The maximum absolute atomic E-state index is 12.3. The minimum Gasteiger partial charge on any atom is -0.463 e. The van der Waals surface area contributed by atoms with Gasteiger partial charge in [0.15, 0.2) is 0 Å². The molecule has 140 valence electrons. The molecule has 0 bridgehead atoms. The predicted molar refractivity (Wildman–Crippen MR) is 114 cm³/mol. The van der Waals surface area contributed by atoms with Crippen molar-refractivity contribution in [3.63, 3.8) is 0 Å². The van der Waals surface area contributed by atoms with Crippen molar-refractivity contribution in [3.05, 3.63) is 66.0 Å². The fraction of sp³-hybridized carbons (Fsp3) is 0.217. The van der Waals surface area contributed by atoms with Crippen LogP contribution in [0.4, 0.5) is 10.1 Å². The Kier molecular flexibility index (Phi) is 4.32. The summed E-state index contributed by atoms with van der Waals surface area (Å²) in [5.74, 6) is 0.524. The second kappa shape index (κ2) is 6.99. The highest BCUT2D eigenvalue weighted by atomic mass is 32.1. The number of halogens is 1. The van der Waals surface area contributed by atoms with E-state index in [1.165, 1.54) is 22.4 Å². The van der Waals surface area contributed by atoms with Crippen LogP contribution in [0.25, 0.3) is 22.3 Å². The zero-order chi connectivity index (χ0) is 19.1. The summed E-state index contributed by atoms with van der Waals surface area (Å²) in [7, 11) is 0. The number of aromatic nitrogens is 1. The normalized spacial score (nSPS) is 14.9. The van der Waals surface area contributed by atoms with E-state index >= 15 is 0 Å². The smallest absolute Gasteiger partial charge is 0.228 e. The number of hydrogen-bond acceptors (Lipinski definition) is 3. The Morgan fingerprint density at radius 3 is 2.36 bits per heavy atom. The Bertz CT molecular complexity index is 1060. The van der Waals surface area contributed by atoms with Crippen molar-refractivity contribution in [2.45, 2.75) is 19.3 Å². The molecule has 0 atom stereocenters. The van der Waals surface area contributed by atoms with Crippen molar-refractivity contribution < 1.29 is 9.13 Å². The quantitative estimate of drug-likeness (QED) is 0.560. The molecule has 0 saturated heterocycles. The van der Waals surface area contributed by atoms with E-state index in [2.05, 4.69) is 28.1 Å². The molecule has 28 heavy (non-hydrogen) atoms. The van der Waals surface area contributed by atoms with Crippen molar-refractivity contribution in [3.8, 4) is 28.0 Å². The highest BCUT2D eigenvalue weighted by molar-refractivity contribution is 7.80. The molecule has 0 aliphatic carbocycles. The Balaban J connectivity index is 1.51. The van der Waals surface area contributed by atoms with Crippen molar-refractivity contribution >= 4 is 22.9 Å². The molecular weight excluding hydrogens is 371 g/mol. The number of hydrogen-bond donors (Lipinski definition) is 0. The van der Waals surface area contributed by atoms with Gasteiger partial charge in [0.25, 0.3) is 0 Å². The average Bonchev–Trinajstić information content (AvgIpc) is 3.17. The molecule has 0 fully saturated rings. The summed E-state index contributed by atoms with van der Waals surface area (Å²) < 4.78 is 17.2. The number of rotatable bonds is 4. The van der Waals surface area contributed by atoms with Gasteiger partial charge in [-0.15, -0.1) is 0 Å². The number of aryl methyl sites for hydroxylation is 1. The Morgan fingerprint density at radius 2 is 1.61 bits per heavy atom. The average molecular weight is 390 g/mol. The number of alkyl halides is 1. The maximum Gasteiger partial charge on any atom is 0.228 e. The zero-order valence-electron chi connectivity index (χ0n) is 15.3. The lowest BCUT2D eigenvalue weighted by Crippen LogP contribution is -2.31. The van der Waals surface area contributed by atoms with Gasteiger partial charge in [-0.25, -0.2) is 4.39 Å². The molecule has 0 saturated carbocycles. The first-order valence-corrected chi connectivity index (χ1v) is 9.84. The third-order valence-electron chi connectivity index (χ3n) is 5.53. The summed E-state index contributed by atoms with van der Waals surface area (Å²) in [6.45, 7) is 0.176. The lowest BCUT2D eigenvalue weighted by Gasteiger charge is -2.28. The number of thiocarbonyl (C=S) groups is 1. The van der Waals surface area contributed by atoms with Crippen LogP contribution in [0.15, 0.2) is 54.9 Å². The van der Waals surface area contributed by atoms with Crippen LogP contribution in [0.5, 0.6) is 5.75 Å². The maximum atomic E-state index is 12.3. The summed E-state index contributed by atoms with van der Waals surface area (Å²) in [5, 5.41) is 0. The first-order valence-electron chi connectivity index (χ1n) is 9.44. The first kappa shape index (κ1) is 17.3. The van der Waals surface area contributed by atoms with Gasteiger partial charge < -0.3 is 9.64 Å². The number of ether oxygens (including phenoxy) is 1. The van der Waals surface area contributed by atoms with Crippen LogP contribution in [-0.2, 0) is 12.8 Å². The molecule has 2 aliphatic rings. The summed E-state index contributed by atoms with van der Waals surface area (Å²) >= 11 is 5.55. The molecule has 3 aromatic rings. The Labute approximate surface area is 168 Å². The molecule has 0 spiro atoms. The highest BCUT2D eigenvalue weighted by Gasteiger charge is 2.29. The number of pyridine rings is 1. The summed E-state index contributed by atoms with van der Waals surface area (Å²) in [5.41, 5.74) is 8.47. The molecule has 3 nitrogen and oxygen atoms in total. The molecule has 2 aliphatic heterocycles. The second-order valence-electron chi connectivity index (χ2n) is 7.18. The fourth-order valence-corrected chi connectivity index (χ4v) is 4.47. The number of anilines is 1. The van der Waals surface area contributed by atoms with Gasteiger partial charge >= 0.3 is 0 Å². The third-order valence-corrected chi connectivity index (χ3v) is 5.96. The van der Waals surface area contributed by atoms with Crippen LogP contribution in [0.2, 0.25) is 0 Å². The summed E-state index contributed by atoms with van der Waals surface area (Å²) in [6, 6.07) is 14.1. The monoisotopic (exact) mass is 390 g/mol. The van der Waals surface area contributed by atoms with Crippen LogP contribution in [0.3, 0.4) is 0 Å². The van der Waals surface area contributed by atoms with E-state index in [4.69, 9.17) is 17.0 Å². The molecule has 0 N–H and O–H groups in total. The van der Waals surface area contributed by atoms with Gasteiger partial charge in [-0.05, 0) is 65.4 Å². The Morgan fingerprint density at radius 1 is 0.893 bits per heavy atom. The minimum absolute atomic E-state index is 0.524. The van der Waals surface area contributed by atoms with Crippen LogP contribution in [-0.4, -0.2) is 23.4 Å². The first-order chi connectivity index (χ1) is 13.7. The SMILES string of the molecule is FCOc1ccc(-c2cncc(-c3cc4c5c(c3)CCN5C(=S)CC4)c2)cc1.